The minimum atomic E-state index is -1.08. The average molecular weight is 525 g/mol. The molecule has 2 aromatic rings. The van der Waals surface area contributed by atoms with Crippen LogP contribution in [0.5, 0.6) is 0 Å². The lowest BCUT2D eigenvalue weighted by atomic mass is 10.0. The number of hydrogen-bond donors (Lipinski definition) is 1. The molecule has 1 aromatic carbocycles. The van der Waals surface area contributed by atoms with Crippen LogP contribution in [0.4, 0.5) is 5.95 Å². The van der Waals surface area contributed by atoms with E-state index in [4.69, 9.17) is 11.6 Å². The van der Waals surface area contributed by atoms with Gasteiger partial charge in [-0.2, -0.15) is 0 Å². The summed E-state index contributed by atoms with van der Waals surface area (Å²) < 4.78 is 2.04. The highest BCUT2D eigenvalue weighted by molar-refractivity contribution is 6.30. The van der Waals surface area contributed by atoms with Crippen molar-refractivity contribution in [3.05, 3.63) is 53.3 Å². The maximum Gasteiger partial charge on any atom is 0.396 e. The van der Waals surface area contributed by atoms with Crippen molar-refractivity contribution in [1.29, 1.82) is 0 Å². The summed E-state index contributed by atoms with van der Waals surface area (Å²) in [7, 11) is 0. The first-order valence-corrected chi connectivity index (χ1v) is 12.6. The summed E-state index contributed by atoms with van der Waals surface area (Å²) in [5, 5.41) is 12.3. The molecule has 0 amide bonds. The van der Waals surface area contributed by atoms with E-state index in [9.17, 15) is 5.11 Å². The van der Waals surface area contributed by atoms with E-state index in [1.165, 1.54) is 70.6 Å². The quantitative estimate of drug-likeness (QED) is 0.304. The van der Waals surface area contributed by atoms with Gasteiger partial charge in [0.15, 0.2) is 0 Å². The molecule has 1 N–H and O–H groups in total. The molecule has 0 spiro atoms. The first kappa shape index (κ1) is 27.1. The Labute approximate surface area is 209 Å². The van der Waals surface area contributed by atoms with Gasteiger partial charge >= 0.3 is 5.95 Å². The monoisotopic (exact) mass is 523 g/mol. The third-order valence-electron chi connectivity index (χ3n) is 6.42. The number of nitrogens with zero attached hydrogens (tertiary/aromatic N) is 3. The van der Waals surface area contributed by atoms with Gasteiger partial charge < -0.3 is 22.1 Å². The van der Waals surface area contributed by atoms with Crippen LogP contribution in [0.1, 0.15) is 89.5 Å². The fourth-order valence-corrected chi connectivity index (χ4v) is 4.72. The number of halogens is 2. The van der Waals surface area contributed by atoms with Gasteiger partial charge in [-0.05, 0) is 18.6 Å². The Balaban J connectivity index is 0.00000363. The summed E-state index contributed by atoms with van der Waals surface area (Å²) in [6.07, 6.45) is 19.7. The van der Waals surface area contributed by atoms with Gasteiger partial charge in [-0.25, -0.2) is 9.47 Å². The van der Waals surface area contributed by atoms with Crippen molar-refractivity contribution in [3.8, 4) is 0 Å². The third-order valence-corrected chi connectivity index (χ3v) is 6.67. The van der Waals surface area contributed by atoms with Crippen molar-refractivity contribution in [3.63, 3.8) is 0 Å². The number of aliphatic hydroxyl groups is 1. The SMILES string of the molecule is CCCCCCCCCCCCCCN1c2nccc[n+]2C[C@@]1(O)c1ccc(Cl)cc1.[Br-]. The molecule has 1 aromatic heterocycles. The smallest absolute Gasteiger partial charge is 0.396 e. The second-order valence-corrected chi connectivity index (χ2v) is 9.35. The summed E-state index contributed by atoms with van der Waals surface area (Å²) in [5.41, 5.74) is -0.217. The first-order valence-electron chi connectivity index (χ1n) is 12.3. The van der Waals surface area contributed by atoms with Gasteiger partial charge in [-0.1, -0.05) is 106 Å². The zero-order chi connectivity index (χ0) is 21.9. The molecule has 6 heteroatoms. The molecule has 1 aliphatic heterocycles. The van der Waals surface area contributed by atoms with Crippen LogP contribution in [0.25, 0.3) is 0 Å². The fraction of sp³-hybridized carbons (Fsp3) is 0.615. The standard InChI is InChI=1S/C26H39ClN3O.BrH/c1-2-3-4-5-6-7-8-9-10-11-12-13-21-30-25-28-19-14-20-29(25)22-26(30,31)23-15-17-24(27)18-16-23;/h14-20,31H,2-13,21-22H2,1H3;1H/q+1;/p-1/t26-;/m1./s1. The minimum Gasteiger partial charge on any atom is -1.00 e. The third kappa shape index (κ3) is 7.43. The van der Waals surface area contributed by atoms with E-state index in [1.54, 1.807) is 6.20 Å². The summed E-state index contributed by atoms with van der Waals surface area (Å²) in [4.78, 5) is 6.62. The van der Waals surface area contributed by atoms with Crippen molar-refractivity contribution < 1.29 is 26.7 Å². The fourth-order valence-electron chi connectivity index (χ4n) is 4.59. The normalized spacial score (nSPS) is 17.3. The lowest BCUT2D eigenvalue weighted by Gasteiger charge is -2.28. The first-order chi connectivity index (χ1) is 15.1. The van der Waals surface area contributed by atoms with Crippen molar-refractivity contribution in [2.45, 2.75) is 96.2 Å². The van der Waals surface area contributed by atoms with Crippen LogP contribution in [0, 0.1) is 0 Å². The molecule has 1 atom stereocenters. The highest BCUT2D eigenvalue weighted by atomic mass is 79.9. The lowest BCUT2D eigenvalue weighted by molar-refractivity contribution is -0.685. The van der Waals surface area contributed by atoms with Crippen LogP contribution in [0.3, 0.4) is 0 Å². The Kier molecular flexibility index (Phi) is 12.0. The maximum absolute atomic E-state index is 11.6. The van der Waals surface area contributed by atoms with E-state index < -0.39 is 5.72 Å². The molecule has 0 saturated heterocycles. The Bertz CT molecular complexity index is 789. The second-order valence-electron chi connectivity index (χ2n) is 8.91. The number of fused-ring (bicyclic) bond motifs is 1. The molecule has 2 heterocycles. The summed E-state index contributed by atoms with van der Waals surface area (Å²) in [5.74, 6) is 0.836. The lowest BCUT2D eigenvalue weighted by Crippen LogP contribution is -3.00. The molecule has 178 valence electrons. The molecule has 0 unspecified atom stereocenters. The molecule has 1 aliphatic rings. The zero-order valence-electron chi connectivity index (χ0n) is 19.5. The van der Waals surface area contributed by atoms with Gasteiger partial charge in [0, 0.05) is 16.7 Å². The van der Waals surface area contributed by atoms with E-state index in [0.29, 0.717) is 11.6 Å². The van der Waals surface area contributed by atoms with Crippen molar-refractivity contribution in [2.75, 3.05) is 11.4 Å². The summed E-state index contributed by atoms with van der Waals surface area (Å²) in [6.45, 7) is 3.56. The molecule has 0 fully saturated rings. The Hall–Kier alpha value is -1.17. The topological polar surface area (TPSA) is 40.2 Å². The molecule has 0 saturated carbocycles. The Morgan fingerprint density at radius 3 is 2.09 bits per heavy atom. The Morgan fingerprint density at radius 1 is 0.938 bits per heavy atom. The number of unbranched alkanes of at least 4 members (excludes halogenated alkanes) is 11. The van der Waals surface area contributed by atoms with E-state index in [2.05, 4.69) is 16.8 Å². The van der Waals surface area contributed by atoms with Crippen LogP contribution in [-0.4, -0.2) is 16.6 Å². The van der Waals surface area contributed by atoms with E-state index in [-0.39, 0.29) is 17.0 Å². The predicted octanol–water partition coefficient (Wildman–Crippen LogP) is 3.39. The van der Waals surface area contributed by atoms with Gasteiger partial charge in [0.25, 0.3) is 0 Å². The molecular weight excluding hydrogens is 486 g/mol. The van der Waals surface area contributed by atoms with Crippen LogP contribution in [0.2, 0.25) is 5.02 Å². The van der Waals surface area contributed by atoms with Gasteiger partial charge in [0.2, 0.25) is 5.72 Å². The summed E-state index contributed by atoms with van der Waals surface area (Å²) in [6, 6.07) is 9.45. The molecule has 4 nitrogen and oxygen atoms in total. The molecule has 0 bridgehead atoms. The van der Waals surface area contributed by atoms with E-state index in [1.807, 2.05) is 41.1 Å². The van der Waals surface area contributed by atoms with Crippen LogP contribution in [0.15, 0.2) is 42.7 Å². The van der Waals surface area contributed by atoms with Gasteiger partial charge in [-0.15, -0.1) is 0 Å². The summed E-state index contributed by atoms with van der Waals surface area (Å²) >= 11 is 6.07. The van der Waals surface area contributed by atoms with Gasteiger partial charge in [0.05, 0.1) is 12.7 Å². The zero-order valence-corrected chi connectivity index (χ0v) is 21.8. The molecule has 3 rings (SSSR count). The number of anilines is 1. The molecule has 0 radical (unpaired) electrons. The minimum absolute atomic E-state index is 0. The van der Waals surface area contributed by atoms with Crippen molar-refractivity contribution in [1.82, 2.24) is 4.98 Å². The molecule has 32 heavy (non-hydrogen) atoms. The average Bonchev–Trinajstić information content (AvgIpc) is 3.07. The maximum atomic E-state index is 11.6. The highest BCUT2D eigenvalue weighted by Crippen LogP contribution is 2.34. The van der Waals surface area contributed by atoms with Crippen molar-refractivity contribution >= 4 is 17.5 Å². The van der Waals surface area contributed by atoms with Crippen LogP contribution in [-0.2, 0) is 12.3 Å². The number of rotatable bonds is 14. The van der Waals surface area contributed by atoms with Crippen LogP contribution >= 0.6 is 11.6 Å². The highest BCUT2D eigenvalue weighted by Gasteiger charge is 2.51. The number of aromatic nitrogens is 2. The van der Waals surface area contributed by atoms with E-state index in [0.717, 1.165) is 24.5 Å². The number of benzene rings is 1. The van der Waals surface area contributed by atoms with Crippen LogP contribution < -0.4 is 26.4 Å². The van der Waals surface area contributed by atoms with E-state index >= 15 is 0 Å². The predicted molar refractivity (Wildman–Crippen MR) is 128 cm³/mol. The Morgan fingerprint density at radius 2 is 1.50 bits per heavy atom. The second kappa shape index (κ2) is 14.2. The molecule has 0 aliphatic carbocycles. The number of hydrogen-bond acceptors (Lipinski definition) is 3. The van der Waals surface area contributed by atoms with Crippen molar-refractivity contribution in [2.24, 2.45) is 0 Å². The van der Waals surface area contributed by atoms with Gasteiger partial charge in [0.1, 0.15) is 12.7 Å². The molecular formula is C26H39BrClN3O. The largest absolute Gasteiger partial charge is 1.00 e. The van der Waals surface area contributed by atoms with Gasteiger partial charge in [-0.3, -0.25) is 0 Å².